The van der Waals surface area contributed by atoms with Crippen LogP contribution in [0, 0.1) is 10.8 Å². The van der Waals surface area contributed by atoms with Crippen LogP contribution in [0.4, 0.5) is 9.59 Å². The first-order chi connectivity index (χ1) is 17.3. The van der Waals surface area contributed by atoms with Crippen molar-refractivity contribution < 1.29 is 53.2 Å². The maximum atomic E-state index is 11.6. The highest BCUT2D eigenvalue weighted by molar-refractivity contribution is 5.71. The van der Waals surface area contributed by atoms with Crippen LogP contribution < -0.4 is 10.6 Å². The molecule has 0 spiro atoms. The zero-order valence-electron chi connectivity index (χ0n) is 25.3. The van der Waals surface area contributed by atoms with Gasteiger partial charge in [-0.1, -0.05) is 41.5 Å². The van der Waals surface area contributed by atoms with E-state index in [1.54, 1.807) is 20.8 Å². The summed E-state index contributed by atoms with van der Waals surface area (Å²) in [5.41, 5.74) is -1.52. The van der Waals surface area contributed by atoms with E-state index in [0.29, 0.717) is 6.42 Å². The zero-order valence-corrected chi connectivity index (χ0v) is 25.3. The van der Waals surface area contributed by atoms with Gasteiger partial charge in [0.05, 0.1) is 6.42 Å². The van der Waals surface area contributed by atoms with Crippen LogP contribution in [0.3, 0.4) is 0 Å². The van der Waals surface area contributed by atoms with Crippen LogP contribution in [-0.4, -0.2) is 70.6 Å². The number of ether oxygens (including phenoxy) is 2. The Kier molecular flexibility index (Phi) is 21.7. The average Bonchev–Trinajstić information content (AvgIpc) is 2.64. The summed E-state index contributed by atoms with van der Waals surface area (Å²) in [5, 5.41) is 23.2. The predicted octanol–water partition coefficient (Wildman–Crippen LogP) is 3.54. The van der Waals surface area contributed by atoms with Gasteiger partial charge < -0.3 is 30.3 Å². The van der Waals surface area contributed by atoms with E-state index >= 15 is 0 Å². The average molecular weight is 565 g/mol. The molecule has 0 saturated carbocycles. The Hall–Kier alpha value is -3.27. The van der Waals surface area contributed by atoms with Gasteiger partial charge in [-0.2, -0.15) is 19.2 Å². The van der Waals surface area contributed by atoms with Gasteiger partial charge in [-0.15, -0.1) is 0 Å². The van der Waals surface area contributed by atoms with Crippen LogP contribution in [0.25, 0.3) is 0 Å². The smallest absolute Gasteiger partial charge is 0.407 e. The maximum Gasteiger partial charge on any atom is 0.407 e. The number of nitrogens with one attached hydrogen (secondary N) is 2. The van der Waals surface area contributed by atoms with Crippen molar-refractivity contribution in [2.24, 2.45) is 10.8 Å². The van der Waals surface area contributed by atoms with E-state index in [1.165, 1.54) is 0 Å². The molecule has 0 aliphatic heterocycles. The van der Waals surface area contributed by atoms with Crippen molar-refractivity contribution in [3.63, 3.8) is 0 Å². The Balaban J connectivity index is -0.000000261. The van der Waals surface area contributed by atoms with Crippen molar-refractivity contribution in [2.75, 3.05) is 6.61 Å². The van der Waals surface area contributed by atoms with Gasteiger partial charge in [0.15, 0.2) is 0 Å². The number of aliphatic carboxylic acids is 1. The fourth-order valence-electron chi connectivity index (χ4n) is 2.50. The second kappa shape index (κ2) is 19.7. The largest absolute Gasteiger partial charge is 0.481 e. The summed E-state index contributed by atoms with van der Waals surface area (Å²) >= 11 is 0. The number of alkyl carbamates (subject to hydrolysis) is 2. The SMILES string of the molecule is CC(C)(C)OC(=O)NC(CC(=O)O)C(C)(C)C.CC(C)(C)OC(=O)NC(CCO)C(C)(C)C.O=C=O.O=C=O. The maximum absolute atomic E-state index is 11.6. The van der Waals surface area contributed by atoms with E-state index in [1.807, 2.05) is 62.3 Å². The first kappa shape index (κ1) is 42.8. The Morgan fingerprint density at radius 3 is 1.15 bits per heavy atom. The molecular weight excluding hydrogens is 516 g/mol. The van der Waals surface area contributed by atoms with Crippen molar-refractivity contribution >= 4 is 30.5 Å². The predicted molar refractivity (Wildman–Crippen MR) is 139 cm³/mol. The second-order valence-corrected chi connectivity index (χ2v) is 12.4. The molecule has 39 heavy (non-hydrogen) atoms. The number of rotatable bonds is 6. The summed E-state index contributed by atoms with van der Waals surface area (Å²) in [5.74, 6) is -0.944. The lowest BCUT2D eigenvalue weighted by Gasteiger charge is -2.32. The molecule has 0 fully saturated rings. The van der Waals surface area contributed by atoms with E-state index < -0.39 is 35.4 Å². The number of hydrogen-bond acceptors (Lipinski definition) is 10. The third kappa shape index (κ3) is 32.7. The summed E-state index contributed by atoms with van der Waals surface area (Å²) in [6, 6.07) is -0.554. The molecule has 13 heteroatoms. The Morgan fingerprint density at radius 1 is 0.667 bits per heavy atom. The van der Waals surface area contributed by atoms with E-state index in [9.17, 15) is 14.4 Å². The number of hydrogen-bond donors (Lipinski definition) is 4. The molecule has 2 unspecified atom stereocenters. The molecule has 228 valence electrons. The third-order valence-corrected chi connectivity index (χ3v) is 4.27. The van der Waals surface area contributed by atoms with Gasteiger partial charge in [0.1, 0.15) is 11.2 Å². The van der Waals surface area contributed by atoms with Crippen LogP contribution >= 0.6 is 0 Å². The number of carbonyl (C=O) groups is 3. The fraction of sp³-hybridized carbons (Fsp3) is 0.808. The van der Waals surface area contributed by atoms with E-state index in [2.05, 4.69) is 10.6 Å². The van der Waals surface area contributed by atoms with Gasteiger partial charge in [0, 0.05) is 18.7 Å². The molecule has 0 saturated heterocycles. The zero-order chi connectivity index (χ0) is 32.3. The highest BCUT2D eigenvalue weighted by Gasteiger charge is 2.30. The van der Waals surface area contributed by atoms with Gasteiger partial charge in [-0.25, -0.2) is 9.59 Å². The Bertz CT molecular complexity index is 775. The molecule has 0 heterocycles. The number of aliphatic hydroxyl groups excluding tert-OH is 1. The van der Waals surface area contributed by atoms with Crippen molar-refractivity contribution in [1.29, 1.82) is 0 Å². The first-order valence-corrected chi connectivity index (χ1v) is 12.1. The fourth-order valence-corrected chi connectivity index (χ4v) is 2.50. The molecule has 0 aliphatic rings. The summed E-state index contributed by atoms with van der Waals surface area (Å²) in [4.78, 5) is 66.4. The van der Waals surface area contributed by atoms with Crippen LogP contribution in [0.15, 0.2) is 0 Å². The minimum Gasteiger partial charge on any atom is -0.481 e. The molecular formula is C26H48N2O11. The molecule has 0 rings (SSSR count). The highest BCUT2D eigenvalue weighted by Crippen LogP contribution is 2.23. The van der Waals surface area contributed by atoms with Crippen LogP contribution in [-0.2, 0) is 33.4 Å². The Morgan fingerprint density at radius 2 is 0.949 bits per heavy atom. The Labute approximate surface area is 231 Å². The number of aliphatic hydroxyl groups is 1. The summed E-state index contributed by atoms with van der Waals surface area (Å²) < 4.78 is 10.3. The van der Waals surface area contributed by atoms with Gasteiger partial charge in [-0.3, -0.25) is 4.79 Å². The number of carbonyl (C=O) groups excluding carboxylic acids is 6. The number of carboxylic acids is 1. The lowest BCUT2D eigenvalue weighted by molar-refractivity contribution is -0.193. The number of carboxylic acid groups (broad SMARTS) is 1. The monoisotopic (exact) mass is 564 g/mol. The van der Waals surface area contributed by atoms with E-state index in [-0.39, 0.29) is 42.2 Å². The molecule has 4 N–H and O–H groups in total. The topological polar surface area (TPSA) is 202 Å². The molecule has 0 radical (unpaired) electrons. The molecule has 0 aromatic heterocycles. The van der Waals surface area contributed by atoms with Gasteiger partial charge in [0.25, 0.3) is 0 Å². The van der Waals surface area contributed by atoms with Crippen molar-refractivity contribution in [3.8, 4) is 0 Å². The molecule has 2 amide bonds. The lowest BCUT2D eigenvalue weighted by atomic mass is 9.85. The van der Waals surface area contributed by atoms with Crippen molar-refractivity contribution in [3.05, 3.63) is 0 Å². The molecule has 0 aromatic rings. The van der Waals surface area contributed by atoms with Gasteiger partial charge in [-0.05, 0) is 58.8 Å². The standard InChI is InChI=1S/C12H23NO4.C12H25NO3.2CO2/c1-11(2,3)8(7-9(14)15)13-10(16)17-12(4,5)6;1-11(2,3)9(7-8-14)13-10(15)16-12(4,5)6;2*2-1-3/h8H,7H2,1-6H3,(H,13,16)(H,14,15);9,14H,7-8H2,1-6H3,(H,13,15);;. The van der Waals surface area contributed by atoms with Crippen molar-refractivity contribution in [2.45, 2.75) is 119 Å². The first-order valence-electron chi connectivity index (χ1n) is 12.1. The summed E-state index contributed by atoms with van der Waals surface area (Å²) in [7, 11) is 0. The summed E-state index contributed by atoms with van der Waals surface area (Å²) in [6.45, 7) is 22.5. The van der Waals surface area contributed by atoms with Crippen LogP contribution in [0.2, 0.25) is 0 Å². The second-order valence-electron chi connectivity index (χ2n) is 12.4. The molecule has 0 aromatic carbocycles. The summed E-state index contributed by atoms with van der Waals surface area (Å²) in [6.07, 6.45) is -0.106. The van der Waals surface area contributed by atoms with E-state index in [4.69, 9.17) is 38.9 Å². The molecule has 2 atom stereocenters. The normalized spacial score (nSPS) is 12.4. The lowest BCUT2D eigenvalue weighted by Crippen LogP contribution is -2.46. The minimum atomic E-state index is -0.944. The van der Waals surface area contributed by atoms with Gasteiger partial charge in [0.2, 0.25) is 0 Å². The van der Waals surface area contributed by atoms with Crippen LogP contribution in [0.5, 0.6) is 0 Å². The highest BCUT2D eigenvalue weighted by atomic mass is 16.6. The van der Waals surface area contributed by atoms with Crippen molar-refractivity contribution in [1.82, 2.24) is 10.6 Å². The minimum absolute atomic E-state index is 0.0533. The van der Waals surface area contributed by atoms with Gasteiger partial charge >= 0.3 is 30.5 Å². The molecule has 0 bridgehead atoms. The third-order valence-electron chi connectivity index (χ3n) is 4.27. The number of amides is 2. The van der Waals surface area contributed by atoms with E-state index in [0.717, 1.165) is 0 Å². The molecule has 13 nitrogen and oxygen atoms in total. The molecule has 0 aliphatic carbocycles. The van der Waals surface area contributed by atoms with Crippen LogP contribution in [0.1, 0.15) is 95.9 Å². The quantitative estimate of drug-likeness (QED) is 0.367.